The molecule has 2 heterocycles. The standard InChI is InChI=1S/C28H34N2O4/c1-5-23-22(18-30-16-7-9-25(30)28(31)32-4)8-6-10-26(23)33-17-15-24-20(3)34-27(29-24)21-13-11-19(2)12-14-21/h6,8,10-14,25H,5,7,9,15-18H2,1-4H3. The summed E-state index contributed by atoms with van der Waals surface area (Å²) in [4.78, 5) is 19.1. The van der Waals surface area contributed by atoms with Gasteiger partial charge in [-0.1, -0.05) is 36.8 Å². The molecule has 1 aliphatic rings. The minimum atomic E-state index is -0.155. The van der Waals surface area contributed by atoms with Crippen LogP contribution >= 0.6 is 0 Å². The third-order valence-corrected chi connectivity index (χ3v) is 6.58. The SMILES string of the molecule is CCc1c(CN2CCCC2C(=O)OC)cccc1OCCc1nc(-c2ccc(C)cc2)oc1C. The van der Waals surface area contributed by atoms with Gasteiger partial charge in [-0.05, 0) is 69.0 Å². The molecular formula is C28H34N2O4. The zero-order valence-corrected chi connectivity index (χ0v) is 20.6. The molecule has 180 valence electrons. The fourth-order valence-electron chi connectivity index (χ4n) is 4.67. The van der Waals surface area contributed by atoms with Crippen molar-refractivity contribution < 1.29 is 18.7 Å². The average molecular weight is 463 g/mol. The molecule has 34 heavy (non-hydrogen) atoms. The monoisotopic (exact) mass is 462 g/mol. The maximum absolute atomic E-state index is 12.1. The largest absolute Gasteiger partial charge is 0.493 e. The Morgan fingerprint density at radius 1 is 1.18 bits per heavy atom. The smallest absolute Gasteiger partial charge is 0.323 e. The number of aryl methyl sites for hydroxylation is 2. The molecule has 1 atom stereocenters. The molecule has 0 aliphatic carbocycles. The lowest BCUT2D eigenvalue weighted by Gasteiger charge is -2.24. The number of aromatic nitrogens is 1. The van der Waals surface area contributed by atoms with Gasteiger partial charge in [0.05, 0.1) is 19.4 Å². The van der Waals surface area contributed by atoms with Gasteiger partial charge in [-0.2, -0.15) is 0 Å². The van der Waals surface area contributed by atoms with E-state index in [1.54, 1.807) is 0 Å². The van der Waals surface area contributed by atoms with Gasteiger partial charge in [0.25, 0.3) is 0 Å². The van der Waals surface area contributed by atoms with Crippen LogP contribution in [0.2, 0.25) is 0 Å². The van der Waals surface area contributed by atoms with Crippen LogP contribution in [0.3, 0.4) is 0 Å². The van der Waals surface area contributed by atoms with Crippen LogP contribution in [0.1, 0.15) is 47.9 Å². The van der Waals surface area contributed by atoms with E-state index in [2.05, 4.69) is 36.9 Å². The van der Waals surface area contributed by atoms with Crippen molar-refractivity contribution in [1.82, 2.24) is 9.88 Å². The number of hydrogen-bond donors (Lipinski definition) is 0. The number of carbonyl (C=O) groups is 1. The highest BCUT2D eigenvalue weighted by atomic mass is 16.5. The summed E-state index contributed by atoms with van der Waals surface area (Å²) in [5.74, 6) is 2.23. The van der Waals surface area contributed by atoms with E-state index in [1.165, 1.54) is 23.8 Å². The van der Waals surface area contributed by atoms with Gasteiger partial charge in [0.2, 0.25) is 5.89 Å². The van der Waals surface area contributed by atoms with Crippen LogP contribution < -0.4 is 4.74 Å². The number of methoxy groups -OCH3 is 1. The zero-order valence-electron chi connectivity index (χ0n) is 20.6. The summed E-state index contributed by atoms with van der Waals surface area (Å²) < 4.78 is 17.1. The van der Waals surface area contributed by atoms with E-state index >= 15 is 0 Å². The van der Waals surface area contributed by atoms with Crippen LogP contribution in [0.5, 0.6) is 5.75 Å². The first-order valence-corrected chi connectivity index (χ1v) is 12.1. The van der Waals surface area contributed by atoms with Crippen molar-refractivity contribution in [2.24, 2.45) is 0 Å². The molecule has 3 aromatic rings. The van der Waals surface area contributed by atoms with Crippen LogP contribution in [0.4, 0.5) is 0 Å². The number of esters is 1. The number of hydrogen-bond acceptors (Lipinski definition) is 6. The van der Waals surface area contributed by atoms with Gasteiger partial charge in [-0.3, -0.25) is 9.69 Å². The molecule has 1 fully saturated rings. The van der Waals surface area contributed by atoms with Crippen molar-refractivity contribution in [3.63, 3.8) is 0 Å². The summed E-state index contributed by atoms with van der Waals surface area (Å²) in [6, 6.07) is 14.2. The minimum Gasteiger partial charge on any atom is -0.493 e. The minimum absolute atomic E-state index is 0.143. The molecule has 1 saturated heterocycles. The molecule has 0 radical (unpaired) electrons. The fraction of sp³-hybridized carbons (Fsp3) is 0.429. The van der Waals surface area contributed by atoms with Crippen molar-refractivity contribution in [3.8, 4) is 17.2 Å². The molecular weight excluding hydrogens is 428 g/mol. The van der Waals surface area contributed by atoms with Crippen molar-refractivity contribution in [3.05, 3.63) is 70.6 Å². The van der Waals surface area contributed by atoms with Crippen molar-refractivity contribution in [2.45, 2.75) is 59.0 Å². The highest BCUT2D eigenvalue weighted by Gasteiger charge is 2.31. The Kier molecular flexibility index (Phi) is 7.68. The first-order chi connectivity index (χ1) is 16.5. The second kappa shape index (κ2) is 10.9. The quantitative estimate of drug-likeness (QED) is 0.403. The second-order valence-electron chi connectivity index (χ2n) is 8.89. The topological polar surface area (TPSA) is 64.8 Å². The molecule has 0 N–H and O–H groups in total. The second-order valence-corrected chi connectivity index (χ2v) is 8.89. The van der Waals surface area contributed by atoms with Gasteiger partial charge in [-0.15, -0.1) is 0 Å². The number of likely N-dealkylation sites (tertiary alicyclic amines) is 1. The number of rotatable bonds is 9. The molecule has 1 unspecified atom stereocenters. The molecule has 2 aromatic carbocycles. The third-order valence-electron chi connectivity index (χ3n) is 6.58. The lowest BCUT2D eigenvalue weighted by Crippen LogP contribution is -2.36. The van der Waals surface area contributed by atoms with Gasteiger partial charge in [0.15, 0.2) is 0 Å². The molecule has 0 spiro atoms. The summed E-state index contributed by atoms with van der Waals surface area (Å²) in [7, 11) is 1.46. The summed E-state index contributed by atoms with van der Waals surface area (Å²) >= 11 is 0. The summed E-state index contributed by atoms with van der Waals surface area (Å²) in [5.41, 5.74) is 5.50. The molecule has 0 bridgehead atoms. The van der Waals surface area contributed by atoms with E-state index in [9.17, 15) is 4.79 Å². The highest BCUT2D eigenvalue weighted by Crippen LogP contribution is 2.28. The Hall–Kier alpha value is -3.12. The lowest BCUT2D eigenvalue weighted by molar-refractivity contribution is -0.146. The Labute approximate surface area is 201 Å². The molecule has 1 aromatic heterocycles. The molecule has 1 aliphatic heterocycles. The van der Waals surface area contributed by atoms with E-state index in [1.807, 2.05) is 31.2 Å². The summed E-state index contributed by atoms with van der Waals surface area (Å²) in [6.45, 7) is 8.31. The van der Waals surface area contributed by atoms with E-state index < -0.39 is 0 Å². The van der Waals surface area contributed by atoms with Crippen LogP contribution in [0.25, 0.3) is 11.5 Å². The average Bonchev–Trinajstić information content (AvgIpc) is 3.46. The highest BCUT2D eigenvalue weighted by molar-refractivity contribution is 5.76. The zero-order chi connectivity index (χ0) is 24.1. The van der Waals surface area contributed by atoms with Crippen LogP contribution in [0, 0.1) is 13.8 Å². The normalized spacial score (nSPS) is 16.1. The van der Waals surface area contributed by atoms with Gasteiger partial charge in [-0.25, -0.2) is 4.98 Å². The predicted octanol–water partition coefficient (Wildman–Crippen LogP) is 5.28. The fourth-order valence-corrected chi connectivity index (χ4v) is 4.67. The molecule has 0 amide bonds. The Morgan fingerprint density at radius 2 is 1.97 bits per heavy atom. The molecule has 6 heteroatoms. The van der Waals surface area contributed by atoms with Crippen LogP contribution in [-0.2, 0) is 28.9 Å². The number of nitrogens with zero attached hydrogens (tertiary/aromatic N) is 2. The van der Waals surface area contributed by atoms with E-state index in [0.29, 0.717) is 18.9 Å². The number of oxazole rings is 1. The maximum atomic E-state index is 12.1. The summed E-state index contributed by atoms with van der Waals surface area (Å²) in [5, 5.41) is 0. The van der Waals surface area contributed by atoms with Crippen molar-refractivity contribution >= 4 is 5.97 Å². The maximum Gasteiger partial charge on any atom is 0.323 e. The van der Waals surface area contributed by atoms with Crippen LogP contribution in [0.15, 0.2) is 46.9 Å². The number of carbonyl (C=O) groups excluding carboxylic acids is 1. The van der Waals surface area contributed by atoms with Gasteiger partial charge < -0.3 is 13.9 Å². The lowest BCUT2D eigenvalue weighted by atomic mass is 10.0. The third kappa shape index (κ3) is 5.33. The van der Waals surface area contributed by atoms with Crippen molar-refractivity contribution in [1.29, 1.82) is 0 Å². The molecule has 0 saturated carbocycles. The first-order valence-electron chi connectivity index (χ1n) is 12.1. The first kappa shape index (κ1) is 24.0. The van der Waals surface area contributed by atoms with Crippen LogP contribution in [-0.4, -0.2) is 42.2 Å². The Balaban J connectivity index is 1.42. The van der Waals surface area contributed by atoms with E-state index in [0.717, 1.165) is 55.1 Å². The van der Waals surface area contributed by atoms with E-state index in [4.69, 9.17) is 18.9 Å². The Bertz CT molecular complexity index is 1120. The predicted molar refractivity (Wildman–Crippen MR) is 132 cm³/mol. The van der Waals surface area contributed by atoms with Gasteiger partial charge in [0.1, 0.15) is 17.6 Å². The van der Waals surface area contributed by atoms with E-state index in [-0.39, 0.29) is 12.0 Å². The number of ether oxygens (including phenoxy) is 2. The molecule has 6 nitrogen and oxygen atoms in total. The number of benzene rings is 2. The van der Waals surface area contributed by atoms with Gasteiger partial charge in [0, 0.05) is 18.5 Å². The van der Waals surface area contributed by atoms with Crippen molar-refractivity contribution in [2.75, 3.05) is 20.3 Å². The van der Waals surface area contributed by atoms with Gasteiger partial charge >= 0.3 is 5.97 Å². The molecule has 4 rings (SSSR count). The summed E-state index contributed by atoms with van der Waals surface area (Å²) in [6.07, 6.45) is 3.40. The Morgan fingerprint density at radius 3 is 2.71 bits per heavy atom.